The fourth-order valence-electron chi connectivity index (χ4n) is 4.54. The molecule has 7 heteroatoms. The van der Waals surface area contributed by atoms with Crippen LogP contribution in [-0.4, -0.2) is 39.8 Å². The zero-order valence-corrected chi connectivity index (χ0v) is 18.9. The van der Waals surface area contributed by atoms with Crippen molar-refractivity contribution in [3.05, 3.63) is 90.0 Å². The number of carbonyl (C=O) groups excluding carboxylic acids is 1. The van der Waals surface area contributed by atoms with E-state index in [9.17, 15) is 14.3 Å². The lowest BCUT2D eigenvalue weighted by Gasteiger charge is -2.19. The molecule has 0 aliphatic carbocycles. The van der Waals surface area contributed by atoms with E-state index < -0.39 is 11.9 Å². The number of rotatable bonds is 7. The van der Waals surface area contributed by atoms with Gasteiger partial charge in [-0.2, -0.15) is 0 Å². The van der Waals surface area contributed by atoms with Crippen LogP contribution in [0.1, 0.15) is 23.7 Å². The molecule has 174 valence electrons. The minimum absolute atomic E-state index is 0.125. The first-order chi connectivity index (χ1) is 16.5. The van der Waals surface area contributed by atoms with Crippen LogP contribution >= 0.6 is 0 Å². The fourth-order valence-corrected chi connectivity index (χ4v) is 4.54. The van der Waals surface area contributed by atoms with E-state index in [0.717, 1.165) is 16.6 Å². The molecule has 1 aliphatic rings. The maximum absolute atomic E-state index is 14.4. The molecule has 3 aromatic carbocycles. The average molecular weight is 460 g/mol. The monoisotopic (exact) mass is 459 g/mol. The second kappa shape index (κ2) is 9.27. The normalized spacial score (nSPS) is 16.9. The Morgan fingerprint density at radius 3 is 2.74 bits per heavy atom. The first-order valence-electron chi connectivity index (χ1n) is 11.4. The number of benzene rings is 3. The van der Waals surface area contributed by atoms with Crippen LogP contribution in [0, 0.1) is 12.7 Å². The number of ether oxygens (including phenoxy) is 1. The maximum Gasteiger partial charge on any atom is 0.227 e. The lowest BCUT2D eigenvalue weighted by atomic mass is 10.1. The number of carbonyl (C=O) groups is 1. The van der Waals surface area contributed by atoms with Gasteiger partial charge in [0.1, 0.15) is 30.1 Å². The standard InChI is InChI=1S/C27H26FN3O3/c1-18-7-6-8-21(13-18)34-17-20(32)16-31-25-12-5-3-10-23(25)29-27(31)19-14-26(33)30(15-19)24-11-4-2-9-22(24)28/h2-13,19-20,32H,14-17H2,1H3/t19-,20-/m1/s1. The van der Waals surface area contributed by atoms with Crippen molar-refractivity contribution in [2.75, 3.05) is 18.1 Å². The molecule has 0 radical (unpaired) electrons. The zero-order chi connectivity index (χ0) is 23.7. The summed E-state index contributed by atoms with van der Waals surface area (Å²) in [4.78, 5) is 19.1. The highest BCUT2D eigenvalue weighted by Crippen LogP contribution is 2.34. The van der Waals surface area contributed by atoms with Crippen LogP contribution in [0.3, 0.4) is 0 Å². The van der Waals surface area contributed by atoms with Gasteiger partial charge in [0.15, 0.2) is 0 Å². The summed E-state index contributed by atoms with van der Waals surface area (Å²) in [6.45, 7) is 2.71. The minimum atomic E-state index is -0.781. The van der Waals surface area contributed by atoms with Crippen molar-refractivity contribution in [2.24, 2.45) is 0 Å². The van der Waals surface area contributed by atoms with Crippen molar-refractivity contribution in [1.82, 2.24) is 9.55 Å². The molecule has 4 aromatic rings. The summed E-state index contributed by atoms with van der Waals surface area (Å²) in [7, 11) is 0. The van der Waals surface area contributed by atoms with Gasteiger partial charge in [-0.1, -0.05) is 36.4 Å². The van der Waals surface area contributed by atoms with Crippen LogP contribution in [0.4, 0.5) is 10.1 Å². The first-order valence-corrected chi connectivity index (χ1v) is 11.4. The molecule has 5 rings (SSSR count). The molecule has 6 nitrogen and oxygen atoms in total. The van der Waals surface area contributed by atoms with E-state index in [2.05, 4.69) is 0 Å². The Hall–Kier alpha value is -3.71. The topological polar surface area (TPSA) is 67.6 Å². The summed E-state index contributed by atoms with van der Waals surface area (Å²) in [5, 5.41) is 10.8. The van der Waals surface area contributed by atoms with Gasteiger partial charge in [-0.15, -0.1) is 0 Å². The quantitative estimate of drug-likeness (QED) is 0.444. The number of aromatic nitrogens is 2. The molecule has 1 aromatic heterocycles. The largest absolute Gasteiger partial charge is 0.491 e. The Balaban J connectivity index is 1.39. The molecule has 1 saturated heterocycles. The molecule has 2 heterocycles. The van der Waals surface area contributed by atoms with E-state index >= 15 is 0 Å². The van der Waals surface area contributed by atoms with Crippen molar-refractivity contribution in [1.29, 1.82) is 0 Å². The van der Waals surface area contributed by atoms with E-state index in [1.807, 2.05) is 60.0 Å². The van der Waals surface area contributed by atoms with Crippen molar-refractivity contribution in [2.45, 2.75) is 31.9 Å². The summed E-state index contributed by atoms with van der Waals surface area (Å²) in [5.41, 5.74) is 3.04. The van der Waals surface area contributed by atoms with E-state index in [0.29, 0.717) is 18.1 Å². The van der Waals surface area contributed by atoms with Crippen molar-refractivity contribution in [3.8, 4) is 5.75 Å². The number of imidazole rings is 1. The van der Waals surface area contributed by atoms with Gasteiger partial charge in [0.2, 0.25) is 5.91 Å². The second-order valence-electron chi connectivity index (χ2n) is 8.71. The number of amides is 1. The highest BCUT2D eigenvalue weighted by Gasteiger charge is 2.36. The van der Waals surface area contributed by atoms with Crippen LogP contribution in [-0.2, 0) is 11.3 Å². The molecule has 0 bridgehead atoms. The molecule has 1 fully saturated rings. The maximum atomic E-state index is 14.4. The number of hydrogen-bond acceptors (Lipinski definition) is 4. The van der Waals surface area contributed by atoms with Gasteiger partial charge in [-0.25, -0.2) is 9.37 Å². The van der Waals surface area contributed by atoms with Crippen molar-refractivity contribution < 1.29 is 19.0 Å². The number of hydrogen-bond donors (Lipinski definition) is 1. The van der Waals surface area contributed by atoms with E-state index in [1.54, 1.807) is 18.2 Å². The zero-order valence-electron chi connectivity index (χ0n) is 18.9. The number of fused-ring (bicyclic) bond motifs is 1. The predicted octanol–water partition coefficient (Wildman–Crippen LogP) is 4.44. The number of anilines is 1. The summed E-state index contributed by atoms with van der Waals surface area (Å²) in [6, 6.07) is 21.7. The molecule has 34 heavy (non-hydrogen) atoms. The van der Waals surface area contributed by atoms with Crippen molar-refractivity contribution in [3.63, 3.8) is 0 Å². The molecule has 0 saturated carbocycles. The number of nitrogens with zero attached hydrogens (tertiary/aromatic N) is 3. The summed E-state index contributed by atoms with van der Waals surface area (Å²) in [6.07, 6.45) is -0.551. The van der Waals surface area contributed by atoms with Gasteiger partial charge in [0, 0.05) is 18.9 Å². The Morgan fingerprint density at radius 1 is 1.12 bits per heavy atom. The summed E-state index contributed by atoms with van der Waals surface area (Å²) in [5.74, 6) is 0.634. The van der Waals surface area contributed by atoms with Gasteiger partial charge < -0.3 is 19.3 Å². The number of para-hydroxylation sites is 3. The second-order valence-corrected chi connectivity index (χ2v) is 8.71. The third-order valence-electron chi connectivity index (χ3n) is 6.14. The number of aryl methyl sites for hydroxylation is 1. The Bertz CT molecular complexity index is 1340. The molecule has 2 atom stereocenters. The highest BCUT2D eigenvalue weighted by atomic mass is 19.1. The first kappa shape index (κ1) is 22.1. The van der Waals surface area contributed by atoms with Crippen LogP contribution < -0.4 is 9.64 Å². The molecule has 0 spiro atoms. The number of aliphatic hydroxyl groups excluding tert-OH is 1. The van der Waals surface area contributed by atoms with Crippen LogP contribution in [0.5, 0.6) is 5.75 Å². The number of aliphatic hydroxyl groups is 1. The highest BCUT2D eigenvalue weighted by molar-refractivity contribution is 5.96. The lowest BCUT2D eigenvalue weighted by molar-refractivity contribution is -0.117. The smallest absolute Gasteiger partial charge is 0.227 e. The number of halogens is 1. The summed E-state index contributed by atoms with van der Waals surface area (Å²) < 4.78 is 22.1. The third-order valence-corrected chi connectivity index (χ3v) is 6.14. The molecule has 1 N–H and O–H groups in total. The molecule has 0 unspecified atom stereocenters. The SMILES string of the molecule is Cc1cccc(OC[C@H](O)Cn2c([C@@H]3CC(=O)N(c4ccccc4F)C3)nc3ccccc32)c1. The van der Waals surface area contributed by atoms with E-state index in [1.165, 1.54) is 11.0 Å². The average Bonchev–Trinajstić information content (AvgIpc) is 3.39. The van der Waals surface area contributed by atoms with Crippen LogP contribution in [0.15, 0.2) is 72.8 Å². The Labute approximate surface area is 197 Å². The fraction of sp³-hybridized carbons (Fsp3) is 0.259. The van der Waals surface area contributed by atoms with E-state index in [4.69, 9.17) is 9.72 Å². The molecule has 1 amide bonds. The van der Waals surface area contributed by atoms with Crippen LogP contribution in [0.2, 0.25) is 0 Å². The van der Waals surface area contributed by atoms with Gasteiger partial charge in [0.05, 0.1) is 23.3 Å². The lowest BCUT2D eigenvalue weighted by Crippen LogP contribution is -2.27. The van der Waals surface area contributed by atoms with Gasteiger partial charge in [0.25, 0.3) is 0 Å². The van der Waals surface area contributed by atoms with Crippen LogP contribution in [0.25, 0.3) is 11.0 Å². The third kappa shape index (κ3) is 4.39. The van der Waals surface area contributed by atoms with E-state index in [-0.39, 0.29) is 37.1 Å². The van der Waals surface area contributed by atoms with Gasteiger partial charge in [-0.3, -0.25) is 4.79 Å². The van der Waals surface area contributed by atoms with Crippen molar-refractivity contribution >= 4 is 22.6 Å². The predicted molar refractivity (Wildman–Crippen MR) is 129 cm³/mol. The molecular formula is C27H26FN3O3. The minimum Gasteiger partial charge on any atom is -0.491 e. The molecule has 1 aliphatic heterocycles. The van der Waals surface area contributed by atoms with Gasteiger partial charge >= 0.3 is 0 Å². The summed E-state index contributed by atoms with van der Waals surface area (Å²) >= 11 is 0. The Kier molecular flexibility index (Phi) is 6.02. The molecular weight excluding hydrogens is 433 g/mol. The van der Waals surface area contributed by atoms with Gasteiger partial charge in [-0.05, 0) is 48.9 Å². The Morgan fingerprint density at radius 2 is 1.91 bits per heavy atom.